The van der Waals surface area contributed by atoms with Crippen LogP contribution in [0.25, 0.3) is 0 Å². The monoisotopic (exact) mass is 340 g/mol. The molecule has 0 radical (unpaired) electrons. The van der Waals surface area contributed by atoms with Gasteiger partial charge >= 0.3 is 5.97 Å². The lowest BCUT2D eigenvalue weighted by Crippen LogP contribution is -2.34. The van der Waals surface area contributed by atoms with E-state index in [1.807, 2.05) is 41.8 Å². The highest BCUT2D eigenvalue weighted by Crippen LogP contribution is 2.32. The van der Waals surface area contributed by atoms with Crippen LogP contribution in [0.5, 0.6) is 0 Å². The van der Waals surface area contributed by atoms with Crippen LogP contribution in [0, 0.1) is 11.8 Å². The number of benzene rings is 1. The first-order chi connectivity index (χ1) is 11.7. The fraction of sp³-hybridized carbons (Fsp3) is 0.368. The highest BCUT2D eigenvalue weighted by molar-refractivity contribution is 7.99. The van der Waals surface area contributed by atoms with Crippen molar-refractivity contribution in [1.82, 2.24) is 9.55 Å². The van der Waals surface area contributed by atoms with E-state index in [4.69, 9.17) is 4.74 Å². The molecular formula is C19H20N2O2S. The molecule has 0 N–H and O–H groups in total. The van der Waals surface area contributed by atoms with Crippen molar-refractivity contribution in [2.75, 3.05) is 11.5 Å². The quantitative estimate of drug-likeness (QED) is 0.631. The number of hydrogen-bond acceptors (Lipinski definition) is 4. The van der Waals surface area contributed by atoms with Crippen molar-refractivity contribution < 1.29 is 9.53 Å². The number of thioether (sulfide) groups is 1. The summed E-state index contributed by atoms with van der Waals surface area (Å²) in [6.45, 7) is 3.82. The summed E-state index contributed by atoms with van der Waals surface area (Å²) in [4.78, 5) is 16.9. The lowest BCUT2D eigenvalue weighted by molar-refractivity contribution is 0.0156. The van der Waals surface area contributed by atoms with Gasteiger partial charge in [-0.15, -0.1) is 5.92 Å². The van der Waals surface area contributed by atoms with Crippen molar-refractivity contribution in [2.45, 2.75) is 31.9 Å². The number of imidazole rings is 1. The highest BCUT2D eigenvalue weighted by Gasteiger charge is 2.37. The lowest BCUT2D eigenvalue weighted by atomic mass is 10.0. The summed E-state index contributed by atoms with van der Waals surface area (Å²) in [7, 11) is 0. The number of aromatic nitrogens is 2. The maximum absolute atomic E-state index is 12.7. The minimum Gasteiger partial charge on any atom is -0.440 e. The van der Waals surface area contributed by atoms with Crippen LogP contribution in [0.1, 0.15) is 42.4 Å². The molecule has 1 aliphatic rings. The van der Waals surface area contributed by atoms with E-state index in [0.29, 0.717) is 5.69 Å². The molecule has 1 aliphatic heterocycles. The third kappa shape index (κ3) is 3.34. The third-order valence-corrected chi connectivity index (χ3v) is 5.36. The van der Waals surface area contributed by atoms with Gasteiger partial charge in [-0.3, -0.25) is 0 Å². The highest BCUT2D eigenvalue weighted by atomic mass is 32.2. The predicted octanol–water partition coefficient (Wildman–Crippen LogP) is 3.55. The Morgan fingerprint density at radius 3 is 2.88 bits per heavy atom. The van der Waals surface area contributed by atoms with Crippen LogP contribution in [0.3, 0.4) is 0 Å². The van der Waals surface area contributed by atoms with Crippen molar-refractivity contribution in [3.63, 3.8) is 0 Å². The zero-order valence-corrected chi connectivity index (χ0v) is 14.7. The average Bonchev–Trinajstić information content (AvgIpc) is 3.25. The van der Waals surface area contributed by atoms with E-state index in [1.54, 1.807) is 31.2 Å². The summed E-state index contributed by atoms with van der Waals surface area (Å²) >= 11 is 1.77. The SMILES string of the molecule is CC#CC1(OC(=O)c2cncn2[C@H](C)c2ccccc2)CCSC1. The summed E-state index contributed by atoms with van der Waals surface area (Å²) in [5.74, 6) is 7.31. The van der Waals surface area contributed by atoms with Gasteiger partial charge in [0.05, 0.1) is 18.6 Å². The van der Waals surface area contributed by atoms with Crippen molar-refractivity contribution in [2.24, 2.45) is 0 Å². The number of hydrogen-bond donors (Lipinski definition) is 0. The largest absolute Gasteiger partial charge is 0.440 e. The van der Waals surface area contributed by atoms with Crippen LogP contribution < -0.4 is 0 Å². The van der Waals surface area contributed by atoms with Crippen LogP contribution in [0.2, 0.25) is 0 Å². The fourth-order valence-corrected chi connectivity index (χ4v) is 4.10. The standard InChI is InChI=1S/C19H20N2O2S/c1-3-9-19(10-11-24-13-19)23-18(22)17-12-20-14-21(17)15(2)16-7-5-4-6-8-16/h4-8,12,14-15H,10-11,13H2,1-2H3/t15-,19?/m1/s1. The number of esters is 1. The van der Waals surface area contributed by atoms with Crippen molar-refractivity contribution in [1.29, 1.82) is 0 Å². The number of ether oxygens (including phenoxy) is 1. The Labute approximate surface area is 146 Å². The van der Waals surface area contributed by atoms with Crippen LogP contribution in [-0.4, -0.2) is 32.6 Å². The van der Waals surface area contributed by atoms with E-state index in [9.17, 15) is 4.79 Å². The second-order valence-corrected chi connectivity index (χ2v) is 6.94. The molecule has 1 saturated heterocycles. The molecule has 0 spiro atoms. The number of nitrogens with zero attached hydrogens (tertiary/aromatic N) is 2. The molecule has 2 aromatic rings. The molecule has 1 aromatic carbocycles. The average molecular weight is 340 g/mol. The Morgan fingerprint density at radius 1 is 1.42 bits per heavy atom. The second-order valence-electron chi connectivity index (χ2n) is 5.83. The molecule has 24 heavy (non-hydrogen) atoms. The molecule has 1 fully saturated rings. The van der Waals surface area contributed by atoms with E-state index < -0.39 is 5.60 Å². The second kappa shape index (κ2) is 7.14. The normalized spacial score (nSPS) is 20.9. The summed E-state index contributed by atoms with van der Waals surface area (Å²) in [6, 6.07) is 10.0. The van der Waals surface area contributed by atoms with Gasteiger partial charge in [-0.25, -0.2) is 9.78 Å². The first-order valence-corrected chi connectivity index (χ1v) is 9.12. The molecule has 0 bridgehead atoms. The number of carbonyl (C=O) groups is 1. The molecule has 1 unspecified atom stereocenters. The Bertz CT molecular complexity index is 767. The van der Waals surface area contributed by atoms with Crippen LogP contribution >= 0.6 is 11.8 Å². The van der Waals surface area contributed by atoms with Gasteiger partial charge in [-0.1, -0.05) is 36.3 Å². The van der Waals surface area contributed by atoms with Crippen molar-refractivity contribution >= 4 is 17.7 Å². The maximum atomic E-state index is 12.7. The summed E-state index contributed by atoms with van der Waals surface area (Å²) < 4.78 is 7.67. The fourth-order valence-electron chi connectivity index (χ4n) is 2.87. The molecular weight excluding hydrogens is 320 g/mol. The van der Waals surface area contributed by atoms with Gasteiger partial charge < -0.3 is 9.30 Å². The number of rotatable bonds is 4. The van der Waals surface area contributed by atoms with Gasteiger partial charge in [-0.2, -0.15) is 11.8 Å². The Hall–Kier alpha value is -2.19. The van der Waals surface area contributed by atoms with E-state index in [-0.39, 0.29) is 12.0 Å². The molecule has 0 saturated carbocycles. The molecule has 0 aliphatic carbocycles. The minimum absolute atomic E-state index is 0.00223. The van der Waals surface area contributed by atoms with Gasteiger partial charge in [0.1, 0.15) is 5.69 Å². The zero-order chi connectivity index (χ0) is 17.0. The summed E-state index contributed by atoms with van der Waals surface area (Å²) in [5, 5.41) is 0. The van der Waals surface area contributed by atoms with Crippen molar-refractivity contribution in [3.05, 3.63) is 54.1 Å². The molecule has 2 heterocycles. The molecule has 2 atom stereocenters. The van der Waals surface area contributed by atoms with Gasteiger partial charge in [0.15, 0.2) is 5.60 Å². The molecule has 0 amide bonds. The Kier molecular flexibility index (Phi) is 4.96. The van der Waals surface area contributed by atoms with Gasteiger partial charge in [-0.05, 0) is 25.2 Å². The molecule has 3 rings (SSSR count). The minimum atomic E-state index is -0.665. The summed E-state index contributed by atoms with van der Waals surface area (Å²) in [6.07, 6.45) is 4.01. The van der Waals surface area contributed by atoms with Crippen LogP contribution in [0.4, 0.5) is 0 Å². The maximum Gasteiger partial charge on any atom is 0.358 e. The number of carbonyl (C=O) groups excluding carboxylic acids is 1. The van der Waals surface area contributed by atoms with E-state index in [0.717, 1.165) is 23.5 Å². The molecule has 5 heteroatoms. The van der Waals surface area contributed by atoms with Gasteiger partial charge in [0.25, 0.3) is 0 Å². The van der Waals surface area contributed by atoms with E-state index in [2.05, 4.69) is 16.8 Å². The third-order valence-electron chi connectivity index (χ3n) is 4.20. The molecule has 1 aromatic heterocycles. The first-order valence-electron chi connectivity index (χ1n) is 7.97. The van der Waals surface area contributed by atoms with E-state index in [1.165, 1.54) is 0 Å². The Balaban J connectivity index is 1.84. The smallest absolute Gasteiger partial charge is 0.358 e. The van der Waals surface area contributed by atoms with Gasteiger partial charge in [0, 0.05) is 12.2 Å². The lowest BCUT2D eigenvalue weighted by Gasteiger charge is -2.23. The molecule has 124 valence electrons. The molecule has 4 nitrogen and oxygen atoms in total. The predicted molar refractivity (Wildman–Crippen MR) is 96.0 cm³/mol. The van der Waals surface area contributed by atoms with Gasteiger partial charge in [0.2, 0.25) is 0 Å². The van der Waals surface area contributed by atoms with Crippen molar-refractivity contribution in [3.8, 4) is 11.8 Å². The van der Waals surface area contributed by atoms with Crippen LogP contribution in [-0.2, 0) is 4.74 Å². The van der Waals surface area contributed by atoms with E-state index >= 15 is 0 Å². The Morgan fingerprint density at radius 2 is 2.21 bits per heavy atom. The zero-order valence-electron chi connectivity index (χ0n) is 13.9. The topological polar surface area (TPSA) is 44.1 Å². The summed E-state index contributed by atoms with van der Waals surface area (Å²) in [5.41, 5.74) is 0.909. The first kappa shape index (κ1) is 16.7. The van der Waals surface area contributed by atoms with Crippen LogP contribution in [0.15, 0.2) is 42.9 Å².